The molecule has 1 fully saturated rings. The highest BCUT2D eigenvalue weighted by Gasteiger charge is 2.24. The Morgan fingerprint density at radius 3 is 2.50 bits per heavy atom. The van der Waals surface area contributed by atoms with E-state index < -0.39 is 15.7 Å². The number of furan rings is 1. The van der Waals surface area contributed by atoms with Crippen molar-refractivity contribution in [2.75, 3.05) is 19.6 Å². The Kier molecular flexibility index (Phi) is 5.78. The molecule has 0 saturated carbocycles. The molecule has 3 rings (SSSR count). The normalized spacial score (nSPS) is 17.0. The van der Waals surface area contributed by atoms with Gasteiger partial charge in [-0.05, 0) is 57.1 Å². The Labute approximate surface area is 154 Å². The molecule has 2 heterocycles. The molecule has 0 bridgehead atoms. The molecule has 1 aromatic carbocycles. The number of benzene rings is 1. The number of nitrogens with one attached hydrogen (secondary N) is 1. The summed E-state index contributed by atoms with van der Waals surface area (Å²) >= 11 is 0. The number of nitrogens with zero attached hydrogens (tertiary/aromatic N) is 1. The molecule has 7 heteroatoms. The zero-order valence-electron chi connectivity index (χ0n) is 14.8. The van der Waals surface area contributed by atoms with E-state index in [2.05, 4.69) is 17.1 Å². The van der Waals surface area contributed by atoms with Crippen LogP contribution >= 0.6 is 0 Å². The number of rotatable bonds is 6. The van der Waals surface area contributed by atoms with Crippen LogP contribution in [0.25, 0.3) is 0 Å². The maximum Gasteiger partial charge on any atom is 0.287 e. The minimum atomic E-state index is -3.75. The van der Waals surface area contributed by atoms with Crippen molar-refractivity contribution < 1.29 is 17.6 Å². The van der Waals surface area contributed by atoms with E-state index in [1.165, 1.54) is 43.5 Å². The van der Waals surface area contributed by atoms with Gasteiger partial charge in [0.1, 0.15) is 0 Å². The predicted molar refractivity (Wildman–Crippen MR) is 97.8 cm³/mol. The van der Waals surface area contributed by atoms with Gasteiger partial charge in [-0.25, -0.2) is 8.42 Å². The number of carbonyl (C=O) groups excluding carboxylic acids is 1. The van der Waals surface area contributed by atoms with Crippen LogP contribution in [0.2, 0.25) is 0 Å². The number of hydrogen-bond acceptors (Lipinski definition) is 5. The molecule has 1 aromatic heterocycles. The average Bonchev–Trinajstić information content (AvgIpc) is 3.18. The third kappa shape index (κ3) is 4.16. The molecule has 140 valence electrons. The molecule has 1 aliphatic rings. The molecule has 0 spiro atoms. The lowest BCUT2D eigenvalue weighted by Crippen LogP contribution is -2.44. The molecule has 0 aliphatic carbocycles. The van der Waals surface area contributed by atoms with Gasteiger partial charge in [-0.2, -0.15) is 0 Å². The van der Waals surface area contributed by atoms with Gasteiger partial charge in [0.05, 0.1) is 4.90 Å². The summed E-state index contributed by atoms with van der Waals surface area (Å²) in [4.78, 5) is 14.8. The second kappa shape index (κ2) is 8.05. The summed E-state index contributed by atoms with van der Waals surface area (Å²) in [6.45, 7) is 4.69. The Morgan fingerprint density at radius 1 is 1.12 bits per heavy atom. The van der Waals surface area contributed by atoms with Crippen molar-refractivity contribution in [2.24, 2.45) is 0 Å². The second-order valence-corrected chi connectivity index (χ2v) is 8.47. The summed E-state index contributed by atoms with van der Waals surface area (Å²) in [7, 11) is -3.75. The van der Waals surface area contributed by atoms with Gasteiger partial charge in [0, 0.05) is 12.6 Å². The van der Waals surface area contributed by atoms with Gasteiger partial charge in [0.15, 0.2) is 5.76 Å². The first-order valence-electron chi connectivity index (χ1n) is 8.91. The Hall–Kier alpha value is -2.12. The molecule has 6 nitrogen and oxygen atoms in total. The van der Waals surface area contributed by atoms with Crippen LogP contribution in [-0.4, -0.2) is 44.9 Å². The third-order valence-electron chi connectivity index (χ3n) is 4.70. The van der Waals surface area contributed by atoms with Crippen LogP contribution in [0.3, 0.4) is 0 Å². The van der Waals surface area contributed by atoms with E-state index in [0.717, 1.165) is 13.1 Å². The molecular weight excluding hydrogens is 352 g/mol. The highest BCUT2D eigenvalue weighted by Crippen LogP contribution is 2.22. The van der Waals surface area contributed by atoms with Crippen molar-refractivity contribution in [2.45, 2.75) is 42.2 Å². The van der Waals surface area contributed by atoms with E-state index in [9.17, 15) is 13.2 Å². The molecule has 26 heavy (non-hydrogen) atoms. The van der Waals surface area contributed by atoms with E-state index in [4.69, 9.17) is 4.42 Å². The monoisotopic (exact) mass is 376 g/mol. The number of sulfone groups is 1. The van der Waals surface area contributed by atoms with E-state index in [-0.39, 0.29) is 21.8 Å². The van der Waals surface area contributed by atoms with Crippen LogP contribution in [0.5, 0.6) is 0 Å². The lowest BCUT2D eigenvalue weighted by atomic mass is 10.1. The molecule has 1 atom stereocenters. The highest BCUT2D eigenvalue weighted by molar-refractivity contribution is 7.91. The van der Waals surface area contributed by atoms with Crippen molar-refractivity contribution in [3.63, 3.8) is 0 Å². The topological polar surface area (TPSA) is 79.6 Å². The largest absolute Gasteiger partial charge is 0.439 e. The first kappa shape index (κ1) is 18.7. The first-order valence-corrected chi connectivity index (χ1v) is 10.4. The fourth-order valence-electron chi connectivity index (χ4n) is 3.12. The third-order valence-corrected chi connectivity index (χ3v) is 6.34. The number of piperidine rings is 1. The number of carbonyl (C=O) groups is 1. The summed E-state index contributed by atoms with van der Waals surface area (Å²) in [5.41, 5.74) is 0. The molecule has 1 saturated heterocycles. The highest BCUT2D eigenvalue weighted by atomic mass is 32.2. The van der Waals surface area contributed by atoms with Gasteiger partial charge in [-0.1, -0.05) is 24.6 Å². The summed E-state index contributed by atoms with van der Waals surface area (Å²) < 4.78 is 30.3. The number of likely N-dealkylation sites (tertiary alicyclic amines) is 1. The zero-order valence-corrected chi connectivity index (χ0v) is 15.7. The second-order valence-electron chi connectivity index (χ2n) is 6.59. The molecule has 2 aromatic rings. The minimum Gasteiger partial charge on any atom is -0.439 e. The maximum absolute atomic E-state index is 12.5. The van der Waals surface area contributed by atoms with E-state index in [1.54, 1.807) is 18.2 Å². The van der Waals surface area contributed by atoms with Crippen molar-refractivity contribution in [1.82, 2.24) is 10.2 Å². The predicted octanol–water partition coefficient (Wildman–Crippen LogP) is 2.72. The van der Waals surface area contributed by atoms with Crippen molar-refractivity contribution in [3.05, 3.63) is 48.2 Å². The van der Waals surface area contributed by atoms with E-state index in [0.29, 0.717) is 6.54 Å². The Morgan fingerprint density at radius 2 is 1.81 bits per heavy atom. The molecule has 0 radical (unpaired) electrons. The average molecular weight is 376 g/mol. The Balaban J connectivity index is 1.63. The van der Waals surface area contributed by atoms with Crippen LogP contribution in [0.1, 0.15) is 36.7 Å². The van der Waals surface area contributed by atoms with Gasteiger partial charge < -0.3 is 9.73 Å². The summed E-state index contributed by atoms with van der Waals surface area (Å²) in [6, 6.07) is 11.0. The standard InChI is InChI=1S/C19H24N2O4S/c1-15(21-12-6-3-7-13-21)14-20-19(22)17-10-11-18(25-17)26(23,24)16-8-4-2-5-9-16/h2,4-5,8-11,15H,3,6-7,12-14H2,1H3,(H,20,22). The zero-order chi connectivity index (χ0) is 18.6. The van der Waals surface area contributed by atoms with Crippen LogP contribution < -0.4 is 5.32 Å². The smallest absolute Gasteiger partial charge is 0.287 e. The van der Waals surface area contributed by atoms with E-state index in [1.807, 2.05) is 0 Å². The Bertz CT molecular complexity index is 839. The first-order chi connectivity index (χ1) is 12.5. The SMILES string of the molecule is CC(CNC(=O)c1ccc(S(=O)(=O)c2ccccc2)o1)N1CCCCC1. The molecule has 1 N–H and O–H groups in total. The van der Waals surface area contributed by atoms with Gasteiger partial charge in [0.2, 0.25) is 14.9 Å². The number of hydrogen-bond donors (Lipinski definition) is 1. The van der Waals surface area contributed by atoms with Gasteiger partial charge in [-0.3, -0.25) is 9.69 Å². The van der Waals surface area contributed by atoms with Crippen LogP contribution in [-0.2, 0) is 9.84 Å². The van der Waals surface area contributed by atoms with Crippen LogP contribution in [0.15, 0.2) is 56.9 Å². The lowest BCUT2D eigenvalue weighted by Gasteiger charge is -2.32. The molecular formula is C19H24N2O4S. The summed E-state index contributed by atoms with van der Waals surface area (Å²) in [6.07, 6.45) is 3.65. The van der Waals surface area contributed by atoms with Crippen molar-refractivity contribution >= 4 is 15.7 Å². The van der Waals surface area contributed by atoms with Gasteiger partial charge in [0.25, 0.3) is 5.91 Å². The van der Waals surface area contributed by atoms with Crippen LogP contribution in [0.4, 0.5) is 0 Å². The summed E-state index contributed by atoms with van der Waals surface area (Å²) in [5.74, 6) is -0.395. The van der Waals surface area contributed by atoms with Crippen molar-refractivity contribution in [1.29, 1.82) is 0 Å². The fourth-order valence-corrected chi connectivity index (χ4v) is 4.31. The van der Waals surface area contributed by atoms with Crippen molar-refractivity contribution in [3.8, 4) is 0 Å². The minimum absolute atomic E-state index is 0.00495. The molecule has 1 unspecified atom stereocenters. The fraction of sp³-hybridized carbons (Fsp3) is 0.421. The van der Waals surface area contributed by atoms with Gasteiger partial charge in [-0.15, -0.1) is 0 Å². The van der Waals surface area contributed by atoms with Crippen LogP contribution in [0, 0.1) is 0 Å². The maximum atomic E-state index is 12.5. The van der Waals surface area contributed by atoms with E-state index >= 15 is 0 Å². The number of amides is 1. The van der Waals surface area contributed by atoms with Gasteiger partial charge >= 0.3 is 0 Å². The molecule has 1 amide bonds. The lowest BCUT2D eigenvalue weighted by molar-refractivity contribution is 0.0897. The molecule has 1 aliphatic heterocycles. The summed E-state index contributed by atoms with van der Waals surface area (Å²) in [5, 5.41) is 2.61. The quantitative estimate of drug-likeness (QED) is 0.838.